The van der Waals surface area contributed by atoms with Gasteiger partial charge in [0.2, 0.25) is 0 Å². The van der Waals surface area contributed by atoms with Crippen molar-refractivity contribution >= 4 is 47.5 Å². The third kappa shape index (κ3) is 4.86. The van der Waals surface area contributed by atoms with Gasteiger partial charge in [-0.25, -0.2) is 0 Å². The molecule has 0 radical (unpaired) electrons. The third-order valence-corrected chi connectivity index (χ3v) is 4.09. The monoisotopic (exact) mass is 350 g/mol. The molecule has 3 aromatic rings. The molecule has 3 aromatic carbocycles. The lowest BCUT2D eigenvalue weighted by molar-refractivity contribution is 1.61. The van der Waals surface area contributed by atoms with E-state index in [0.717, 1.165) is 32.3 Å². The highest BCUT2D eigenvalue weighted by Gasteiger charge is 1.93. The van der Waals surface area contributed by atoms with Crippen molar-refractivity contribution in [3.05, 3.63) is 105 Å². The van der Waals surface area contributed by atoms with E-state index in [2.05, 4.69) is 48.6 Å². The normalized spacial score (nSPS) is 11.4. The van der Waals surface area contributed by atoms with Crippen LogP contribution >= 0.6 is 23.2 Å². The fraction of sp³-hybridized carbons (Fsp3) is 0. The summed E-state index contributed by atoms with van der Waals surface area (Å²) in [4.78, 5) is 0. The van der Waals surface area contributed by atoms with Crippen LogP contribution in [0.3, 0.4) is 0 Å². The summed E-state index contributed by atoms with van der Waals surface area (Å²) in [5, 5.41) is 1.50. The molecule has 0 amide bonds. The number of benzene rings is 3. The van der Waals surface area contributed by atoms with Crippen molar-refractivity contribution in [2.24, 2.45) is 0 Å². The van der Waals surface area contributed by atoms with Crippen LogP contribution in [0, 0.1) is 0 Å². The molecule has 0 spiro atoms. The molecule has 0 bridgehead atoms. The Morgan fingerprint density at radius 2 is 0.833 bits per heavy atom. The molecule has 0 fully saturated rings. The third-order valence-electron chi connectivity index (χ3n) is 3.59. The topological polar surface area (TPSA) is 0 Å². The molecule has 0 aromatic heterocycles. The molecule has 0 aliphatic rings. The number of hydrogen-bond acceptors (Lipinski definition) is 0. The first-order valence-corrected chi connectivity index (χ1v) is 8.42. The van der Waals surface area contributed by atoms with Gasteiger partial charge in [0.25, 0.3) is 0 Å². The first-order valence-electron chi connectivity index (χ1n) is 7.66. The molecule has 0 N–H and O–H groups in total. The highest BCUT2D eigenvalue weighted by molar-refractivity contribution is 6.30. The van der Waals surface area contributed by atoms with E-state index < -0.39 is 0 Å². The maximum Gasteiger partial charge on any atom is 0.0406 e. The molecular formula is C22H16Cl2. The van der Waals surface area contributed by atoms with E-state index in [9.17, 15) is 0 Å². The minimum absolute atomic E-state index is 0.751. The molecule has 0 heterocycles. The molecule has 24 heavy (non-hydrogen) atoms. The quantitative estimate of drug-likeness (QED) is 0.432. The predicted octanol–water partition coefficient (Wildman–Crippen LogP) is 7.33. The average Bonchev–Trinajstić information content (AvgIpc) is 2.61. The highest BCUT2D eigenvalue weighted by Crippen LogP contribution is 2.16. The molecule has 0 atom stereocenters. The second kappa shape index (κ2) is 8.01. The molecule has 3 rings (SSSR count). The van der Waals surface area contributed by atoms with Crippen LogP contribution in [0.5, 0.6) is 0 Å². The molecule has 2 heteroatoms. The van der Waals surface area contributed by atoms with E-state index in [1.807, 2.05) is 48.5 Å². The van der Waals surface area contributed by atoms with Gasteiger partial charge in [-0.05, 0) is 52.6 Å². The first kappa shape index (κ1) is 16.6. The zero-order chi connectivity index (χ0) is 16.8. The molecule has 0 saturated heterocycles. The molecule has 0 saturated carbocycles. The van der Waals surface area contributed by atoms with E-state index in [1.165, 1.54) is 0 Å². The fourth-order valence-corrected chi connectivity index (χ4v) is 2.55. The maximum absolute atomic E-state index is 5.90. The van der Waals surface area contributed by atoms with Gasteiger partial charge in [0.15, 0.2) is 0 Å². The Kier molecular flexibility index (Phi) is 5.53. The summed E-state index contributed by atoms with van der Waals surface area (Å²) in [7, 11) is 0. The van der Waals surface area contributed by atoms with Crippen LogP contribution in [0.2, 0.25) is 10.0 Å². The van der Waals surface area contributed by atoms with Gasteiger partial charge in [0.05, 0.1) is 0 Å². The van der Waals surface area contributed by atoms with Crippen LogP contribution in [0.1, 0.15) is 22.3 Å². The summed E-state index contributed by atoms with van der Waals surface area (Å²) in [5.41, 5.74) is 4.56. The maximum atomic E-state index is 5.90. The number of rotatable bonds is 4. The second-order valence-corrected chi connectivity index (χ2v) is 6.31. The average molecular weight is 351 g/mol. The molecule has 0 aliphatic carbocycles. The predicted molar refractivity (Wildman–Crippen MR) is 107 cm³/mol. The van der Waals surface area contributed by atoms with Gasteiger partial charge in [-0.2, -0.15) is 0 Å². The number of halogens is 2. The Balaban J connectivity index is 1.74. The van der Waals surface area contributed by atoms with Gasteiger partial charge < -0.3 is 0 Å². The van der Waals surface area contributed by atoms with E-state index in [-0.39, 0.29) is 0 Å². The van der Waals surface area contributed by atoms with Gasteiger partial charge in [0, 0.05) is 10.0 Å². The Bertz CT molecular complexity index is 786. The van der Waals surface area contributed by atoms with Gasteiger partial charge in [-0.3, -0.25) is 0 Å². The highest BCUT2D eigenvalue weighted by atomic mass is 35.5. The van der Waals surface area contributed by atoms with Crippen LogP contribution in [-0.4, -0.2) is 0 Å². The van der Waals surface area contributed by atoms with Crippen molar-refractivity contribution in [1.82, 2.24) is 0 Å². The molecule has 118 valence electrons. The molecule has 0 nitrogen and oxygen atoms in total. The summed E-state index contributed by atoms with van der Waals surface area (Å²) in [6.07, 6.45) is 8.36. The SMILES string of the molecule is Clc1ccc(/C=C/c2cccc(/C=C/c3ccc(Cl)cc3)c2)cc1. The van der Waals surface area contributed by atoms with Crippen molar-refractivity contribution in [1.29, 1.82) is 0 Å². The lowest BCUT2D eigenvalue weighted by atomic mass is 10.1. The Labute approximate surface area is 152 Å². The molecular weight excluding hydrogens is 335 g/mol. The molecule has 0 unspecified atom stereocenters. The largest absolute Gasteiger partial charge is 0.0843 e. The van der Waals surface area contributed by atoms with E-state index in [4.69, 9.17) is 23.2 Å². The minimum Gasteiger partial charge on any atom is -0.0843 e. The number of hydrogen-bond donors (Lipinski definition) is 0. The van der Waals surface area contributed by atoms with Crippen LogP contribution in [0.4, 0.5) is 0 Å². The van der Waals surface area contributed by atoms with Gasteiger partial charge in [-0.15, -0.1) is 0 Å². The van der Waals surface area contributed by atoms with Crippen LogP contribution in [-0.2, 0) is 0 Å². The van der Waals surface area contributed by atoms with Crippen molar-refractivity contribution < 1.29 is 0 Å². The summed E-state index contributed by atoms with van der Waals surface area (Å²) < 4.78 is 0. The van der Waals surface area contributed by atoms with Crippen LogP contribution in [0.15, 0.2) is 72.8 Å². The van der Waals surface area contributed by atoms with Gasteiger partial charge >= 0.3 is 0 Å². The zero-order valence-corrected chi connectivity index (χ0v) is 14.5. The van der Waals surface area contributed by atoms with Crippen LogP contribution < -0.4 is 0 Å². The van der Waals surface area contributed by atoms with Gasteiger partial charge in [-0.1, -0.05) is 90.0 Å². The standard InChI is InChI=1S/C22H16Cl2/c23-21-12-8-17(9-13-21)4-6-19-2-1-3-20(16-19)7-5-18-10-14-22(24)15-11-18/h1-16H/b6-4+,7-5+. The van der Waals surface area contributed by atoms with Crippen molar-refractivity contribution in [3.63, 3.8) is 0 Å². The van der Waals surface area contributed by atoms with Crippen molar-refractivity contribution in [3.8, 4) is 0 Å². The summed E-state index contributed by atoms with van der Waals surface area (Å²) in [6.45, 7) is 0. The summed E-state index contributed by atoms with van der Waals surface area (Å²) in [5.74, 6) is 0. The summed E-state index contributed by atoms with van der Waals surface area (Å²) in [6, 6.07) is 24.0. The summed E-state index contributed by atoms with van der Waals surface area (Å²) >= 11 is 11.8. The van der Waals surface area contributed by atoms with E-state index >= 15 is 0 Å². The first-order chi connectivity index (χ1) is 11.7. The fourth-order valence-electron chi connectivity index (χ4n) is 2.30. The minimum atomic E-state index is 0.751. The van der Waals surface area contributed by atoms with E-state index in [1.54, 1.807) is 0 Å². The van der Waals surface area contributed by atoms with Crippen molar-refractivity contribution in [2.75, 3.05) is 0 Å². The molecule has 0 aliphatic heterocycles. The van der Waals surface area contributed by atoms with E-state index in [0.29, 0.717) is 0 Å². The van der Waals surface area contributed by atoms with Gasteiger partial charge in [0.1, 0.15) is 0 Å². The Morgan fingerprint density at radius 3 is 1.25 bits per heavy atom. The smallest absolute Gasteiger partial charge is 0.0406 e. The Hall–Kier alpha value is -2.28. The second-order valence-electron chi connectivity index (χ2n) is 5.44. The lowest BCUT2D eigenvalue weighted by Gasteiger charge is -1.99. The van der Waals surface area contributed by atoms with Crippen LogP contribution in [0.25, 0.3) is 24.3 Å². The lowest BCUT2D eigenvalue weighted by Crippen LogP contribution is -1.77. The zero-order valence-electron chi connectivity index (χ0n) is 13.0. The van der Waals surface area contributed by atoms with Crippen molar-refractivity contribution in [2.45, 2.75) is 0 Å². The Morgan fingerprint density at radius 1 is 0.458 bits per heavy atom.